The van der Waals surface area contributed by atoms with Crippen LogP contribution in [0.4, 0.5) is 11.4 Å². The summed E-state index contributed by atoms with van der Waals surface area (Å²) in [5.74, 6) is 0.304. The summed E-state index contributed by atoms with van der Waals surface area (Å²) in [5.41, 5.74) is 1.41. The molecule has 1 amide bonds. The summed E-state index contributed by atoms with van der Waals surface area (Å²) < 4.78 is 33.5. The number of hydrogen-bond acceptors (Lipinski definition) is 4. The average molecular weight is 461 g/mol. The van der Waals surface area contributed by atoms with Crippen LogP contribution in [0.3, 0.4) is 0 Å². The third-order valence-corrected chi connectivity index (χ3v) is 5.80. The van der Waals surface area contributed by atoms with Gasteiger partial charge in [-0.1, -0.05) is 15.9 Å². The Hall–Kier alpha value is -2.84. The Balaban J connectivity index is 1.71. The Morgan fingerprint density at radius 1 is 0.857 bits per heavy atom. The van der Waals surface area contributed by atoms with Crippen molar-refractivity contribution in [2.75, 3.05) is 17.1 Å². The van der Waals surface area contributed by atoms with Gasteiger partial charge in [-0.3, -0.25) is 9.52 Å². The number of carbonyl (C=O) groups is 1. The highest BCUT2D eigenvalue weighted by Crippen LogP contribution is 2.20. The Morgan fingerprint density at radius 3 is 2.00 bits per heavy atom. The molecule has 0 bridgehead atoms. The van der Waals surface area contributed by atoms with Gasteiger partial charge in [0.15, 0.2) is 0 Å². The predicted octanol–water partition coefficient (Wildman–Crippen LogP) is 4.51. The molecular formula is C20H17BrN2O4S. The predicted molar refractivity (Wildman–Crippen MR) is 112 cm³/mol. The van der Waals surface area contributed by atoms with Crippen LogP contribution < -0.4 is 14.8 Å². The van der Waals surface area contributed by atoms with E-state index in [1.165, 1.54) is 31.4 Å². The van der Waals surface area contributed by atoms with Crippen LogP contribution in [0.1, 0.15) is 10.4 Å². The van der Waals surface area contributed by atoms with Gasteiger partial charge in [-0.25, -0.2) is 8.42 Å². The molecule has 6 nitrogen and oxygen atoms in total. The summed E-state index contributed by atoms with van der Waals surface area (Å²) in [6.45, 7) is 0. The first-order chi connectivity index (χ1) is 13.4. The van der Waals surface area contributed by atoms with Crippen molar-refractivity contribution in [3.05, 3.63) is 82.8 Å². The standard InChI is InChI=1S/C20H17BrN2O4S/c1-27-18-10-8-17(9-11-18)23-28(25,26)19-12-2-14(3-13-19)20(24)22-16-6-4-15(21)5-7-16/h2-13,23H,1H3,(H,22,24). The van der Waals surface area contributed by atoms with E-state index in [0.717, 1.165) is 4.47 Å². The number of nitrogens with one attached hydrogen (secondary N) is 2. The highest BCUT2D eigenvalue weighted by Gasteiger charge is 2.15. The molecule has 2 N–H and O–H groups in total. The van der Waals surface area contributed by atoms with Crippen molar-refractivity contribution in [1.29, 1.82) is 0 Å². The molecule has 3 aromatic carbocycles. The maximum atomic E-state index is 12.5. The summed E-state index contributed by atoms with van der Waals surface area (Å²) in [4.78, 5) is 12.4. The maximum absolute atomic E-state index is 12.5. The molecule has 0 aliphatic carbocycles. The van der Waals surface area contributed by atoms with Crippen molar-refractivity contribution in [2.24, 2.45) is 0 Å². The van der Waals surface area contributed by atoms with Crippen molar-refractivity contribution < 1.29 is 17.9 Å². The van der Waals surface area contributed by atoms with E-state index in [1.54, 1.807) is 36.4 Å². The Labute approximate surface area is 171 Å². The van der Waals surface area contributed by atoms with Crippen LogP contribution in [0.5, 0.6) is 5.75 Å². The van der Waals surface area contributed by atoms with E-state index in [-0.39, 0.29) is 10.8 Å². The minimum absolute atomic E-state index is 0.0588. The molecule has 0 aromatic heterocycles. The molecular weight excluding hydrogens is 444 g/mol. The quantitative estimate of drug-likeness (QED) is 0.566. The molecule has 0 aliphatic heterocycles. The Bertz CT molecular complexity index is 1060. The van der Waals surface area contributed by atoms with Crippen LogP contribution in [-0.4, -0.2) is 21.4 Å². The van der Waals surface area contributed by atoms with Crippen LogP contribution >= 0.6 is 15.9 Å². The Kier molecular flexibility index (Phi) is 6.01. The number of halogens is 1. The van der Waals surface area contributed by atoms with E-state index in [1.807, 2.05) is 12.1 Å². The maximum Gasteiger partial charge on any atom is 0.261 e. The van der Waals surface area contributed by atoms with Crippen molar-refractivity contribution in [3.63, 3.8) is 0 Å². The molecule has 3 aromatic rings. The lowest BCUT2D eigenvalue weighted by Crippen LogP contribution is -2.14. The van der Waals surface area contributed by atoms with Crippen LogP contribution in [-0.2, 0) is 10.0 Å². The topological polar surface area (TPSA) is 84.5 Å². The van der Waals surface area contributed by atoms with Crippen LogP contribution in [0.15, 0.2) is 82.2 Å². The van der Waals surface area contributed by atoms with Crippen LogP contribution in [0.2, 0.25) is 0 Å². The summed E-state index contributed by atoms with van der Waals surface area (Å²) in [7, 11) is -2.23. The number of ether oxygens (including phenoxy) is 1. The zero-order valence-corrected chi connectivity index (χ0v) is 17.2. The summed E-state index contributed by atoms with van der Waals surface area (Å²) >= 11 is 3.33. The van der Waals surface area contributed by atoms with E-state index < -0.39 is 10.0 Å². The normalized spacial score (nSPS) is 10.9. The molecule has 3 rings (SSSR count). The lowest BCUT2D eigenvalue weighted by molar-refractivity contribution is 0.102. The molecule has 0 atom stereocenters. The molecule has 0 saturated carbocycles. The first-order valence-corrected chi connectivity index (χ1v) is 10.5. The number of hydrogen-bond donors (Lipinski definition) is 2. The van der Waals surface area contributed by atoms with Crippen LogP contribution in [0, 0.1) is 0 Å². The van der Waals surface area contributed by atoms with Crippen molar-refractivity contribution in [1.82, 2.24) is 0 Å². The molecule has 0 saturated heterocycles. The van der Waals surface area contributed by atoms with Gasteiger partial charge in [0, 0.05) is 21.4 Å². The zero-order chi connectivity index (χ0) is 20.1. The van der Waals surface area contributed by atoms with Gasteiger partial charge in [0.2, 0.25) is 0 Å². The van der Waals surface area contributed by atoms with E-state index in [9.17, 15) is 13.2 Å². The molecule has 0 heterocycles. The number of rotatable bonds is 6. The second-order valence-electron chi connectivity index (χ2n) is 5.82. The molecule has 28 heavy (non-hydrogen) atoms. The molecule has 0 spiro atoms. The van der Waals surface area contributed by atoms with Gasteiger partial charge in [0.1, 0.15) is 5.75 Å². The van der Waals surface area contributed by atoms with Gasteiger partial charge in [0.05, 0.1) is 12.0 Å². The number of anilines is 2. The number of amides is 1. The molecule has 144 valence electrons. The van der Waals surface area contributed by atoms with E-state index in [4.69, 9.17) is 4.74 Å². The Morgan fingerprint density at radius 2 is 1.43 bits per heavy atom. The van der Waals surface area contributed by atoms with E-state index >= 15 is 0 Å². The van der Waals surface area contributed by atoms with E-state index in [2.05, 4.69) is 26.0 Å². The lowest BCUT2D eigenvalue weighted by Gasteiger charge is -2.10. The molecule has 0 unspecified atom stereocenters. The smallest absolute Gasteiger partial charge is 0.261 e. The first kappa shape index (κ1) is 19.9. The molecule has 0 fully saturated rings. The molecule has 0 radical (unpaired) electrons. The van der Waals surface area contributed by atoms with Crippen molar-refractivity contribution >= 4 is 43.2 Å². The second kappa shape index (κ2) is 8.45. The highest BCUT2D eigenvalue weighted by molar-refractivity contribution is 9.10. The molecule has 8 heteroatoms. The van der Waals surface area contributed by atoms with Gasteiger partial charge in [-0.15, -0.1) is 0 Å². The number of carbonyl (C=O) groups excluding carboxylic acids is 1. The third-order valence-electron chi connectivity index (χ3n) is 3.87. The summed E-state index contributed by atoms with van der Waals surface area (Å²) in [6, 6.07) is 19.4. The number of sulfonamides is 1. The van der Waals surface area contributed by atoms with Crippen molar-refractivity contribution in [3.8, 4) is 5.75 Å². The summed E-state index contributed by atoms with van der Waals surface area (Å²) in [5, 5.41) is 2.76. The average Bonchev–Trinajstić information content (AvgIpc) is 2.70. The minimum Gasteiger partial charge on any atom is -0.497 e. The van der Waals surface area contributed by atoms with Gasteiger partial charge in [-0.05, 0) is 72.8 Å². The van der Waals surface area contributed by atoms with Gasteiger partial charge >= 0.3 is 0 Å². The van der Waals surface area contributed by atoms with E-state index in [0.29, 0.717) is 22.7 Å². The SMILES string of the molecule is COc1ccc(NS(=O)(=O)c2ccc(C(=O)Nc3ccc(Br)cc3)cc2)cc1. The number of methoxy groups -OCH3 is 1. The van der Waals surface area contributed by atoms with Gasteiger partial charge in [-0.2, -0.15) is 0 Å². The largest absolute Gasteiger partial charge is 0.497 e. The monoisotopic (exact) mass is 460 g/mol. The van der Waals surface area contributed by atoms with Gasteiger partial charge in [0.25, 0.3) is 15.9 Å². The number of benzene rings is 3. The second-order valence-corrected chi connectivity index (χ2v) is 8.42. The third kappa shape index (κ3) is 4.90. The lowest BCUT2D eigenvalue weighted by atomic mass is 10.2. The summed E-state index contributed by atoms with van der Waals surface area (Å²) in [6.07, 6.45) is 0. The zero-order valence-electron chi connectivity index (χ0n) is 14.8. The van der Waals surface area contributed by atoms with Crippen LogP contribution in [0.25, 0.3) is 0 Å². The fourth-order valence-corrected chi connectivity index (χ4v) is 3.72. The fourth-order valence-electron chi connectivity index (χ4n) is 2.40. The fraction of sp³-hybridized carbons (Fsp3) is 0.0500. The van der Waals surface area contributed by atoms with Crippen molar-refractivity contribution in [2.45, 2.75) is 4.90 Å². The minimum atomic E-state index is -3.77. The highest BCUT2D eigenvalue weighted by atomic mass is 79.9. The van der Waals surface area contributed by atoms with Gasteiger partial charge < -0.3 is 10.1 Å². The molecule has 0 aliphatic rings. The first-order valence-electron chi connectivity index (χ1n) is 8.21.